The van der Waals surface area contributed by atoms with Gasteiger partial charge in [-0.3, -0.25) is 0 Å². The third-order valence-corrected chi connectivity index (χ3v) is 3.75. The lowest BCUT2D eigenvalue weighted by Gasteiger charge is -2.00. The summed E-state index contributed by atoms with van der Waals surface area (Å²) in [6.07, 6.45) is 10.5. The van der Waals surface area contributed by atoms with Crippen molar-refractivity contribution in [2.24, 2.45) is 0 Å². The molecule has 2 rings (SSSR count). The zero-order valence-corrected chi connectivity index (χ0v) is 12.6. The van der Waals surface area contributed by atoms with Crippen LogP contribution in [-0.4, -0.2) is 0 Å². The largest absolute Gasteiger partial charge is 0.461 e. The van der Waals surface area contributed by atoms with Crippen molar-refractivity contribution in [3.8, 4) is 11.3 Å². The lowest BCUT2D eigenvalue weighted by molar-refractivity contribution is 0.501. The fourth-order valence-electron chi connectivity index (χ4n) is 2.53. The van der Waals surface area contributed by atoms with Crippen molar-refractivity contribution in [2.75, 3.05) is 0 Å². The van der Waals surface area contributed by atoms with Gasteiger partial charge in [-0.1, -0.05) is 75.8 Å². The SMILES string of the molecule is CCCCCCCCCc1ccc(-c2ccccc2)o1. The summed E-state index contributed by atoms with van der Waals surface area (Å²) in [5.41, 5.74) is 1.17. The molecule has 0 N–H and O–H groups in total. The highest BCUT2D eigenvalue weighted by Gasteiger charge is 2.03. The van der Waals surface area contributed by atoms with Crippen molar-refractivity contribution < 1.29 is 4.42 Å². The first-order valence-corrected chi connectivity index (χ1v) is 8.04. The van der Waals surface area contributed by atoms with E-state index in [1.807, 2.05) is 18.2 Å². The zero-order chi connectivity index (χ0) is 14.0. The molecule has 108 valence electrons. The fraction of sp³-hybridized carbons (Fsp3) is 0.474. The minimum Gasteiger partial charge on any atom is -0.461 e. The van der Waals surface area contributed by atoms with Gasteiger partial charge in [0.2, 0.25) is 0 Å². The lowest BCUT2D eigenvalue weighted by atomic mass is 10.1. The zero-order valence-electron chi connectivity index (χ0n) is 12.6. The Labute approximate surface area is 123 Å². The maximum absolute atomic E-state index is 5.91. The molecule has 0 unspecified atom stereocenters. The number of unbranched alkanes of at least 4 members (excludes halogenated alkanes) is 6. The molecule has 2 aromatic rings. The van der Waals surface area contributed by atoms with E-state index in [-0.39, 0.29) is 0 Å². The molecule has 1 heteroatoms. The number of hydrogen-bond acceptors (Lipinski definition) is 1. The van der Waals surface area contributed by atoms with Crippen LogP contribution in [0.25, 0.3) is 11.3 Å². The maximum atomic E-state index is 5.91. The summed E-state index contributed by atoms with van der Waals surface area (Å²) in [5, 5.41) is 0. The van der Waals surface area contributed by atoms with E-state index in [4.69, 9.17) is 4.42 Å². The first kappa shape index (κ1) is 14.9. The Balaban J connectivity index is 1.69. The van der Waals surface area contributed by atoms with Crippen LogP contribution in [0.2, 0.25) is 0 Å². The summed E-state index contributed by atoms with van der Waals surface area (Å²) in [6, 6.07) is 14.5. The first-order chi connectivity index (χ1) is 9.90. The van der Waals surface area contributed by atoms with E-state index in [0.29, 0.717) is 0 Å². The third kappa shape index (κ3) is 4.88. The second kappa shape index (κ2) is 8.63. The number of furan rings is 1. The van der Waals surface area contributed by atoms with E-state index in [1.165, 1.54) is 50.5 Å². The van der Waals surface area contributed by atoms with Gasteiger partial charge in [0.15, 0.2) is 0 Å². The maximum Gasteiger partial charge on any atom is 0.134 e. The smallest absolute Gasteiger partial charge is 0.134 e. The van der Waals surface area contributed by atoms with Crippen molar-refractivity contribution >= 4 is 0 Å². The molecule has 0 aliphatic carbocycles. The van der Waals surface area contributed by atoms with E-state index in [2.05, 4.69) is 31.2 Å². The van der Waals surface area contributed by atoms with Crippen LogP contribution in [-0.2, 0) is 6.42 Å². The van der Waals surface area contributed by atoms with Crippen molar-refractivity contribution in [1.82, 2.24) is 0 Å². The Hall–Kier alpha value is -1.50. The van der Waals surface area contributed by atoms with Gasteiger partial charge in [0, 0.05) is 12.0 Å². The minimum atomic E-state index is 0.989. The number of rotatable bonds is 9. The summed E-state index contributed by atoms with van der Waals surface area (Å²) in [6.45, 7) is 2.27. The molecule has 1 aromatic carbocycles. The fourth-order valence-corrected chi connectivity index (χ4v) is 2.53. The van der Waals surface area contributed by atoms with E-state index >= 15 is 0 Å². The summed E-state index contributed by atoms with van der Waals surface area (Å²) < 4.78 is 5.91. The molecule has 1 nitrogen and oxygen atoms in total. The van der Waals surface area contributed by atoms with Gasteiger partial charge < -0.3 is 4.42 Å². The quantitative estimate of drug-likeness (QED) is 0.491. The van der Waals surface area contributed by atoms with Crippen LogP contribution in [0.1, 0.15) is 57.6 Å². The Kier molecular flexibility index (Phi) is 6.43. The molecule has 0 bridgehead atoms. The molecule has 0 fully saturated rings. The molecule has 1 heterocycles. The average Bonchev–Trinajstić information content (AvgIpc) is 2.96. The van der Waals surface area contributed by atoms with Crippen molar-refractivity contribution in [3.05, 3.63) is 48.2 Å². The van der Waals surface area contributed by atoms with Gasteiger partial charge in [0.1, 0.15) is 11.5 Å². The highest BCUT2D eigenvalue weighted by Crippen LogP contribution is 2.22. The molecule has 0 aliphatic rings. The predicted octanol–water partition coefficient (Wildman–Crippen LogP) is 6.24. The van der Waals surface area contributed by atoms with Gasteiger partial charge in [-0.05, 0) is 18.6 Å². The van der Waals surface area contributed by atoms with Crippen LogP contribution in [0.5, 0.6) is 0 Å². The number of benzene rings is 1. The van der Waals surface area contributed by atoms with Crippen molar-refractivity contribution in [3.63, 3.8) is 0 Å². The Morgan fingerprint density at radius 1 is 0.750 bits per heavy atom. The third-order valence-electron chi connectivity index (χ3n) is 3.75. The molecular weight excluding hydrogens is 244 g/mol. The predicted molar refractivity (Wildman–Crippen MR) is 85.8 cm³/mol. The molecule has 0 atom stereocenters. The molecule has 0 radical (unpaired) electrons. The van der Waals surface area contributed by atoms with Gasteiger partial charge >= 0.3 is 0 Å². The van der Waals surface area contributed by atoms with Crippen LogP contribution >= 0.6 is 0 Å². The lowest BCUT2D eigenvalue weighted by Crippen LogP contribution is -1.84. The van der Waals surface area contributed by atoms with Crippen LogP contribution in [0.3, 0.4) is 0 Å². The molecule has 0 saturated heterocycles. The van der Waals surface area contributed by atoms with Gasteiger partial charge in [-0.25, -0.2) is 0 Å². The van der Waals surface area contributed by atoms with E-state index in [9.17, 15) is 0 Å². The van der Waals surface area contributed by atoms with Crippen LogP contribution < -0.4 is 0 Å². The van der Waals surface area contributed by atoms with Crippen LogP contribution in [0.15, 0.2) is 46.9 Å². The molecule has 0 aliphatic heterocycles. The highest BCUT2D eigenvalue weighted by molar-refractivity contribution is 5.57. The normalized spacial score (nSPS) is 10.8. The van der Waals surface area contributed by atoms with E-state index < -0.39 is 0 Å². The van der Waals surface area contributed by atoms with Crippen molar-refractivity contribution in [2.45, 2.75) is 58.3 Å². The minimum absolute atomic E-state index is 0.989. The summed E-state index contributed by atoms with van der Waals surface area (Å²) in [5.74, 6) is 2.11. The van der Waals surface area contributed by atoms with Gasteiger partial charge in [0.25, 0.3) is 0 Å². The molecule has 20 heavy (non-hydrogen) atoms. The monoisotopic (exact) mass is 270 g/mol. The van der Waals surface area contributed by atoms with Gasteiger partial charge in [0.05, 0.1) is 0 Å². The van der Waals surface area contributed by atoms with E-state index in [1.54, 1.807) is 0 Å². The van der Waals surface area contributed by atoms with Crippen LogP contribution in [0, 0.1) is 0 Å². The highest BCUT2D eigenvalue weighted by atomic mass is 16.3. The topological polar surface area (TPSA) is 13.1 Å². The number of hydrogen-bond donors (Lipinski definition) is 0. The Morgan fingerprint density at radius 3 is 2.20 bits per heavy atom. The summed E-state index contributed by atoms with van der Waals surface area (Å²) in [7, 11) is 0. The summed E-state index contributed by atoms with van der Waals surface area (Å²) in [4.78, 5) is 0. The van der Waals surface area contributed by atoms with Crippen molar-refractivity contribution in [1.29, 1.82) is 0 Å². The molecule has 0 spiro atoms. The molecule has 0 amide bonds. The standard InChI is InChI=1S/C19H26O/c1-2-3-4-5-6-7-11-14-18-15-16-19(20-18)17-12-9-8-10-13-17/h8-10,12-13,15-16H,2-7,11,14H2,1H3. The van der Waals surface area contributed by atoms with Gasteiger partial charge in [-0.15, -0.1) is 0 Å². The van der Waals surface area contributed by atoms with Crippen LogP contribution in [0.4, 0.5) is 0 Å². The average molecular weight is 270 g/mol. The Bertz CT molecular complexity index is 470. The Morgan fingerprint density at radius 2 is 1.45 bits per heavy atom. The molecule has 1 aromatic heterocycles. The second-order valence-electron chi connectivity index (χ2n) is 5.50. The van der Waals surface area contributed by atoms with E-state index in [0.717, 1.165) is 17.9 Å². The first-order valence-electron chi connectivity index (χ1n) is 8.04. The summed E-state index contributed by atoms with van der Waals surface area (Å²) >= 11 is 0. The second-order valence-corrected chi connectivity index (χ2v) is 5.50. The van der Waals surface area contributed by atoms with Gasteiger partial charge in [-0.2, -0.15) is 0 Å². The molecule has 0 saturated carbocycles. The number of aryl methyl sites for hydroxylation is 1. The molecular formula is C19H26O.